The van der Waals surface area contributed by atoms with Crippen molar-refractivity contribution >= 4 is 15.9 Å². The summed E-state index contributed by atoms with van der Waals surface area (Å²) in [6.45, 7) is 5.79. The average Bonchev–Trinajstić information content (AvgIpc) is 2.77. The highest BCUT2D eigenvalue weighted by Crippen LogP contribution is 2.21. The number of nitrogens with zero attached hydrogens (tertiary/aromatic N) is 3. The molecule has 2 fully saturated rings. The van der Waals surface area contributed by atoms with Gasteiger partial charge in [-0.15, -0.1) is 0 Å². The Bertz CT molecular complexity index is 497. The van der Waals surface area contributed by atoms with Crippen LogP contribution in [0.2, 0.25) is 0 Å². The summed E-state index contributed by atoms with van der Waals surface area (Å²) in [5.41, 5.74) is 0. The van der Waals surface area contributed by atoms with E-state index in [1.807, 2.05) is 4.90 Å². The van der Waals surface area contributed by atoms with Crippen molar-refractivity contribution in [1.29, 1.82) is 0 Å². The summed E-state index contributed by atoms with van der Waals surface area (Å²) in [5.74, 6) is -0.0732. The number of piperidine rings is 1. The molecule has 0 aromatic carbocycles. The third-order valence-corrected chi connectivity index (χ3v) is 5.98. The topological polar surface area (TPSA) is 70.2 Å². The third-order valence-electron chi connectivity index (χ3n) is 4.71. The Kier molecular flexibility index (Phi) is 6.82. The summed E-state index contributed by atoms with van der Waals surface area (Å²) >= 11 is 0. The number of ether oxygens (including phenoxy) is 1. The van der Waals surface area contributed by atoms with Crippen LogP contribution in [-0.2, 0) is 19.6 Å². The van der Waals surface area contributed by atoms with Gasteiger partial charge in [-0.2, -0.15) is 0 Å². The van der Waals surface area contributed by atoms with Gasteiger partial charge >= 0.3 is 0 Å². The van der Waals surface area contributed by atoms with Crippen molar-refractivity contribution in [2.45, 2.75) is 19.3 Å². The van der Waals surface area contributed by atoms with Crippen molar-refractivity contribution in [3.05, 3.63) is 0 Å². The fraction of sp³-hybridized carbons (Fsp3) is 0.933. The minimum atomic E-state index is -3.21. The lowest BCUT2D eigenvalue weighted by Crippen LogP contribution is -2.47. The van der Waals surface area contributed by atoms with Crippen molar-refractivity contribution < 1.29 is 17.9 Å². The molecule has 2 aliphatic rings. The minimum absolute atomic E-state index is 0.118. The number of carbonyl (C=O) groups excluding carboxylic acids is 1. The smallest absolute Gasteiger partial charge is 0.227 e. The number of rotatable bonds is 5. The predicted octanol–water partition coefficient (Wildman–Crippen LogP) is -0.161. The van der Waals surface area contributed by atoms with E-state index in [2.05, 4.69) is 4.90 Å². The summed E-state index contributed by atoms with van der Waals surface area (Å²) in [7, 11) is -1.51. The quantitative estimate of drug-likeness (QED) is 0.691. The lowest BCUT2D eigenvalue weighted by atomic mass is 9.98. The molecule has 0 aromatic rings. The van der Waals surface area contributed by atoms with E-state index in [1.165, 1.54) is 10.6 Å². The van der Waals surface area contributed by atoms with Gasteiger partial charge in [-0.3, -0.25) is 9.69 Å². The van der Waals surface area contributed by atoms with Crippen LogP contribution >= 0.6 is 0 Å². The number of methoxy groups -OCH3 is 1. The highest BCUT2D eigenvalue weighted by molar-refractivity contribution is 7.88. The summed E-state index contributed by atoms with van der Waals surface area (Å²) in [6, 6.07) is 0. The molecule has 8 heteroatoms. The first kappa shape index (κ1) is 18.6. The Hall–Kier alpha value is -0.700. The van der Waals surface area contributed by atoms with Gasteiger partial charge in [0.15, 0.2) is 0 Å². The molecule has 0 aromatic heterocycles. The molecule has 0 saturated carbocycles. The van der Waals surface area contributed by atoms with Crippen molar-refractivity contribution in [2.24, 2.45) is 5.92 Å². The van der Waals surface area contributed by atoms with Crippen LogP contribution in [0.15, 0.2) is 0 Å². The van der Waals surface area contributed by atoms with Crippen LogP contribution in [-0.4, -0.2) is 94.2 Å². The van der Waals surface area contributed by atoms with Crippen LogP contribution in [0.3, 0.4) is 0 Å². The lowest BCUT2D eigenvalue weighted by Gasteiger charge is -2.33. The van der Waals surface area contributed by atoms with Crippen LogP contribution in [0.4, 0.5) is 0 Å². The molecule has 0 N–H and O–H groups in total. The third kappa shape index (κ3) is 5.41. The second-order valence-electron chi connectivity index (χ2n) is 6.47. The molecule has 1 amide bonds. The molecule has 2 rings (SSSR count). The average molecular weight is 347 g/mol. The Balaban J connectivity index is 1.89. The number of sulfonamides is 1. The predicted molar refractivity (Wildman–Crippen MR) is 88.7 cm³/mol. The van der Waals surface area contributed by atoms with Crippen LogP contribution in [0.25, 0.3) is 0 Å². The van der Waals surface area contributed by atoms with Crippen molar-refractivity contribution in [3.8, 4) is 0 Å². The van der Waals surface area contributed by atoms with Crippen LogP contribution in [0.5, 0.6) is 0 Å². The highest BCUT2D eigenvalue weighted by atomic mass is 32.2. The maximum atomic E-state index is 12.8. The zero-order valence-electron chi connectivity index (χ0n) is 14.2. The molecule has 0 aliphatic carbocycles. The summed E-state index contributed by atoms with van der Waals surface area (Å²) in [4.78, 5) is 17.0. The molecule has 0 radical (unpaired) electrons. The molecule has 0 spiro atoms. The molecule has 23 heavy (non-hydrogen) atoms. The van der Waals surface area contributed by atoms with E-state index >= 15 is 0 Å². The Labute approximate surface area is 139 Å². The molecular weight excluding hydrogens is 318 g/mol. The largest absolute Gasteiger partial charge is 0.383 e. The van der Waals surface area contributed by atoms with Gasteiger partial charge in [0.2, 0.25) is 15.9 Å². The van der Waals surface area contributed by atoms with Crippen molar-refractivity contribution in [3.63, 3.8) is 0 Å². The molecule has 2 saturated heterocycles. The SMILES string of the molecule is COCCN1CCCN(C(=O)[C@H]2CCCN(S(C)(=O)=O)C2)CC1. The fourth-order valence-corrected chi connectivity index (χ4v) is 4.25. The Morgan fingerprint density at radius 1 is 1.13 bits per heavy atom. The van der Waals surface area contributed by atoms with Gasteiger partial charge in [-0.25, -0.2) is 12.7 Å². The normalized spacial score (nSPS) is 25.3. The minimum Gasteiger partial charge on any atom is -0.383 e. The van der Waals surface area contributed by atoms with Crippen LogP contribution in [0.1, 0.15) is 19.3 Å². The molecule has 2 heterocycles. The van der Waals surface area contributed by atoms with Gasteiger partial charge < -0.3 is 9.64 Å². The maximum absolute atomic E-state index is 12.8. The van der Waals surface area contributed by atoms with E-state index in [4.69, 9.17) is 4.74 Å². The highest BCUT2D eigenvalue weighted by Gasteiger charge is 2.33. The second-order valence-corrected chi connectivity index (χ2v) is 8.46. The van der Waals surface area contributed by atoms with E-state index in [1.54, 1.807) is 7.11 Å². The van der Waals surface area contributed by atoms with E-state index in [0.29, 0.717) is 19.7 Å². The first-order valence-electron chi connectivity index (χ1n) is 8.37. The van der Waals surface area contributed by atoms with E-state index in [-0.39, 0.29) is 11.8 Å². The van der Waals surface area contributed by atoms with Gasteiger partial charge in [0, 0.05) is 46.4 Å². The Morgan fingerprint density at radius 2 is 1.91 bits per heavy atom. The molecule has 0 unspecified atom stereocenters. The fourth-order valence-electron chi connectivity index (χ4n) is 3.34. The summed E-state index contributed by atoms with van der Waals surface area (Å²) < 4.78 is 30.0. The van der Waals surface area contributed by atoms with Crippen LogP contribution < -0.4 is 0 Å². The zero-order chi connectivity index (χ0) is 16.9. The first-order chi connectivity index (χ1) is 10.9. The van der Waals surface area contributed by atoms with Gasteiger partial charge in [0.05, 0.1) is 18.8 Å². The first-order valence-corrected chi connectivity index (χ1v) is 10.2. The number of amides is 1. The van der Waals surface area contributed by atoms with E-state index in [9.17, 15) is 13.2 Å². The maximum Gasteiger partial charge on any atom is 0.227 e. The monoisotopic (exact) mass is 347 g/mol. The standard InChI is InChI=1S/C15H29N3O4S/c1-22-12-11-16-6-4-7-17(10-9-16)15(19)14-5-3-8-18(13-14)23(2,20)21/h14H,3-13H2,1-2H3/t14-/m0/s1. The van der Waals surface area contributed by atoms with Gasteiger partial charge in [0.25, 0.3) is 0 Å². The zero-order valence-corrected chi connectivity index (χ0v) is 15.1. The summed E-state index contributed by atoms with van der Waals surface area (Å²) in [6.07, 6.45) is 3.73. The number of carbonyl (C=O) groups is 1. The molecule has 2 aliphatic heterocycles. The van der Waals surface area contributed by atoms with Crippen molar-refractivity contribution in [2.75, 3.05) is 65.8 Å². The molecule has 0 bridgehead atoms. The van der Waals surface area contributed by atoms with E-state index in [0.717, 1.165) is 52.0 Å². The van der Waals surface area contributed by atoms with Gasteiger partial charge in [-0.05, 0) is 25.8 Å². The van der Waals surface area contributed by atoms with Crippen molar-refractivity contribution in [1.82, 2.24) is 14.1 Å². The van der Waals surface area contributed by atoms with Crippen LogP contribution in [0, 0.1) is 5.92 Å². The van der Waals surface area contributed by atoms with E-state index < -0.39 is 10.0 Å². The number of hydrogen-bond donors (Lipinski definition) is 0. The molecule has 1 atom stereocenters. The van der Waals surface area contributed by atoms with Gasteiger partial charge in [-0.1, -0.05) is 0 Å². The summed E-state index contributed by atoms with van der Waals surface area (Å²) in [5, 5.41) is 0. The van der Waals surface area contributed by atoms with Gasteiger partial charge in [0.1, 0.15) is 0 Å². The second kappa shape index (κ2) is 8.41. The molecule has 134 valence electrons. The molecule has 7 nitrogen and oxygen atoms in total. The lowest BCUT2D eigenvalue weighted by molar-refractivity contribution is -0.136. The number of hydrogen-bond acceptors (Lipinski definition) is 5. The molecular formula is C15H29N3O4S. The Morgan fingerprint density at radius 3 is 2.61 bits per heavy atom.